The van der Waals surface area contributed by atoms with Crippen LogP contribution in [0.15, 0.2) is 123 Å². The highest BCUT2D eigenvalue weighted by molar-refractivity contribution is 6.94. The molecule has 0 fully saturated rings. The Bertz CT molecular complexity index is 2000. The third kappa shape index (κ3) is 53.8. The Morgan fingerprint density at radius 3 is 0.753 bits per heavy atom. The smallest absolute Gasteiger partial charge is 0.342 e. The van der Waals surface area contributed by atoms with Crippen LogP contribution >= 0.6 is 0 Å². The minimum atomic E-state index is -2.45. The molecule has 29 heteroatoms. The average Bonchev–Trinajstić information content (AvgIpc) is 3.25. The van der Waals surface area contributed by atoms with E-state index < -0.39 is 144 Å². The number of hydrogen-bond donors (Lipinski definition) is 0. The molecule has 0 aromatic heterocycles. The quantitative estimate of drug-likeness (QED) is 0.0564. The van der Waals surface area contributed by atoms with Crippen molar-refractivity contribution >= 4 is 144 Å². The molecule has 0 N–H and O–H groups in total. The van der Waals surface area contributed by atoms with Crippen molar-refractivity contribution in [1.29, 1.82) is 0 Å². The van der Waals surface area contributed by atoms with Crippen molar-refractivity contribution in [2.45, 2.75) is 237 Å². The molecule has 0 aliphatic rings. The van der Waals surface area contributed by atoms with Gasteiger partial charge in [0.1, 0.15) is 8.07 Å². The predicted molar refractivity (Wildman–Crippen MR) is 426 cm³/mol. The van der Waals surface area contributed by atoms with E-state index in [0.717, 1.165) is 0 Å². The summed E-state index contributed by atoms with van der Waals surface area (Å²) in [7, 11) is -31.3. The molecule has 504 valence electrons. The van der Waals surface area contributed by atoms with Crippen LogP contribution in [-0.4, -0.2) is 150 Å². The lowest BCUT2D eigenvalue weighted by Gasteiger charge is -2.39. The summed E-state index contributed by atoms with van der Waals surface area (Å²) in [5.74, 6) is 0. The largest absolute Gasteiger partial charge is 0.437 e. The van der Waals surface area contributed by atoms with Gasteiger partial charge in [0.05, 0.1) is 0 Å². The minimum absolute atomic E-state index is 0. The molecular formula is C56H140O12Si17. The first-order valence-electron chi connectivity index (χ1n) is 29.1. The number of rotatable bonds is 35. The molecule has 0 heterocycles. The molecule has 0 bridgehead atoms. The van der Waals surface area contributed by atoms with E-state index in [4.69, 9.17) is 49.7 Å². The molecule has 0 aliphatic carbocycles. The van der Waals surface area contributed by atoms with Crippen LogP contribution in [0.25, 0.3) is 0 Å². The van der Waals surface area contributed by atoms with Crippen LogP contribution in [0.2, 0.25) is 210 Å². The normalized spacial score (nSPS) is 15.5. The van der Waals surface area contributed by atoms with Crippen LogP contribution in [0.1, 0.15) is 21.8 Å². The summed E-state index contributed by atoms with van der Waals surface area (Å²) in [6.07, 6.45) is 0. The zero-order valence-corrected chi connectivity index (χ0v) is 77.3. The summed E-state index contributed by atoms with van der Waals surface area (Å²) in [6, 6.07) is 0. The molecule has 0 aromatic rings. The van der Waals surface area contributed by atoms with Gasteiger partial charge in [0.15, 0.2) is 76.3 Å². The zero-order valence-electron chi connectivity index (χ0n) is 60.0. The van der Waals surface area contributed by atoms with Crippen molar-refractivity contribution in [3.63, 3.8) is 0 Å². The van der Waals surface area contributed by atoms with Crippen molar-refractivity contribution in [2.24, 2.45) is 0 Å². The minimum Gasteiger partial charge on any atom is -0.437 e. The topological polar surface area (TPSA) is 111 Å². The van der Waals surface area contributed by atoms with Crippen molar-refractivity contribution < 1.29 is 49.7 Å². The van der Waals surface area contributed by atoms with Gasteiger partial charge in [-0.2, -0.15) is 0 Å². The first kappa shape index (κ1) is 99.2. The molecule has 0 amide bonds. The summed E-state index contributed by atoms with van der Waals surface area (Å²) in [5, 5.41) is 0. The maximum atomic E-state index is 6.34. The molecule has 0 radical (unpaired) electrons. The molecule has 5 atom stereocenters. The Balaban J connectivity index is -0.000000179. The fourth-order valence-electron chi connectivity index (χ4n) is 7.64. The molecule has 0 aromatic carbocycles. The fraction of sp³-hybridized carbons (Fsp3) is 0.643. The predicted octanol–water partition coefficient (Wildman–Crippen LogP) is 19.3. The third-order valence-corrected chi connectivity index (χ3v) is 66.6. The second kappa shape index (κ2) is 40.0. The summed E-state index contributed by atoms with van der Waals surface area (Å²) in [4.78, 5) is 0. The van der Waals surface area contributed by atoms with Crippen LogP contribution in [0.4, 0.5) is 0 Å². The van der Waals surface area contributed by atoms with E-state index in [2.05, 4.69) is 281 Å². The molecule has 0 saturated heterocycles. The molecule has 85 heavy (non-hydrogen) atoms. The molecule has 0 spiro atoms. The van der Waals surface area contributed by atoms with E-state index in [1.165, 1.54) is 0 Å². The van der Waals surface area contributed by atoms with Gasteiger partial charge in [-0.05, 0) is 203 Å². The second-order valence-electron chi connectivity index (χ2n) is 28.5. The van der Waals surface area contributed by atoms with Crippen LogP contribution in [-0.2, 0) is 49.7 Å². The maximum absolute atomic E-state index is 6.34. The van der Waals surface area contributed by atoms with E-state index in [-0.39, 0.29) is 20.6 Å². The van der Waals surface area contributed by atoms with Gasteiger partial charge in [-0.3, -0.25) is 0 Å². The molecule has 12 nitrogen and oxygen atoms in total. The van der Waals surface area contributed by atoms with E-state index in [1.807, 2.05) is 57.8 Å². The summed E-state index contributed by atoms with van der Waals surface area (Å²) in [5.41, 5.74) is 19.6. The van der Waals surface area contributed by atoms with Crippen LogP contribution in [0.5, 0.6) is 0 Å². The first-order chi connectivity index (χ1) is 36.4. The lowest BCUT2D eigenvalue weighted by molar-refractivity contribution is 0.225. The number of hydrogen-bond acceptors (Lipinski definition) is 12. The fourth-order valence-corrected chi connectivity index (χ4v) is 68.5. The van der Waals surface area contributed by atoms with Crippen molar-refractivity contribution in [3.8, 4) is 0 Å². The van der Waals surface area contributed by atoms with Crippen LogP contribution in [0.3, 0.4) is 0 Å². The summed E-state index contributed by atoms with van der Waals surface area (Å²) < 4.78 is 74.1. The Labute approximate surface area is 549 Å². The Hall–Kier alpha value is 0.607. The van der Waals surface area contributed by atoms with E-state index >= 15 is 0 Å². The Morgan fingerprint density at radius 2 is 0.518 bits per heavy atom. The summed E-state index contributed by atoms with van der Waals surface area (Å²) in [6.45, 7) is 109. The van der Waals surface area contributed by atoms with Crippen molar-refractivity contribution in [1.82, 2.24) is 0 Å². The summed E-state index contributed by atoms with van der Waals surface area (Å²) >= 11 is 0. The second-order valence-corrected chi connectivity index (χ2v) is 92.0. The van der Waals surface area contributed by atoms with Crippen LogP contribution in [0, 0.1) is 0 Å². The SMILES string of the molecule is C.C.C=C[SiH](C)O[Si](C)(C)O[SiH](C)C=C.C=C[Si](C)(C)O[Si](C)(C)OC(C)[Si](C)(C)C=C.C=C[Si](C)(C)O[Si](C)(C)O[Si](C)(C)C=C.C=C[Si](C)(C)O[Si](C)(C)O[Si](C)(C=C)O[Si](C)(C)C=C.C=C[Si](C)(O[Si](C)(C)C)O[Si](C)(C)O[Si](C)(C)C. The lowest BCUT2D eigenvalue weighted by atomic mass is 10.9. The molecule has 0 rings (SSSR count). The Morgan fingerprint density at radius 1 is 0.282 bits per heavy atom. The monoisotopic (exact) mass is 1480 g/mol. The van der Waals surface area contributed by atoms with Gasteiger partial charge in [-0.25, -0.2) is 0 Å². The highest BCUT2D eigenvalue weighted by Crippen LogP contribution is 2.28. The standard InChI is InChI=1S/C13H30O3Si4.C12H28O2Si3.C11H30O3Si4.C10H24O2Si3.C8H20O2Si3.2CH4/c1-11-17(4,5)14-19(8,9)16-20(10,13-3)15-18(6,7)12-2;1-10-15(4,5)12(3)13-17(8,9)14-16(6,7)11-2;1-11-18(10,13-16(5,6)7)14-17(8,9)12-15(2,3)4;1-9-13(3,4)11-15(7,8)12-14(5,6)10-2;1-7-11(3)9-13(5,6)10-12(4)8-2;;/h11-13H,1-3H2,4-10H3;10-12H,1-2H2,3-9H3;11H,1H2,2-10H3;9-10H,1-2H2,3-8H3;7-8,11-12H,1-2H2,3-6H3;2*1H4. The maximum Gasteiger partial charge on any atom is 0.342 e. The zero-order chi connectivity index (χ0) is 67.8. The molecule has 0 aliphatic heterocycles. The molecule has 5 unspecified atom stereocenters. The average molecular weight is 1480 g/mol. The Kier molecular flexibility index (Phi) is 46.7. The molecule has 0 saturated carbocycles. The first-order valence-corrected chi connectivity index (χ1v) is 77.4. The van der Waals surface area contributed by atoms with Gasteiger partial charge < -0.3 is 49.7 Å². The van der Waals surface area contributed by atoms with Gasteiger partial charge >= 0.3 is 59.9 Å². The van der Waals surface area contributed by atoms with Crippen LogP contribution < -0.4 is 0 Å². The van der Waals surface area contributed by atoms with Gasteiger partial charge in [-0.1, -0.05) is 84.9 Å². The van der Waals surface area contributed by atoms with E-state index in [9.17, 15) is 0 Å². The highest BCUT2D eigenvalue weighted by Gasteiger charge is 2.45. The van der Waals surface area contributed by atoms with Crippen molar-refractivity contribution in [3.05, 3.63) is 123 Å². The van der Waals surface area contributed by atoms with Crippen molar-refractivity contribution in [2.75, 3.05) is 0 Å². The van der Waals surface area contributed by atoms with Gasteiger partial charge in [0.2, 0.25) is 0 Å². The highest BCUT2D eigenvalue weighted by atomic mass is 28.5. The van der Waals surface area contributed by atoms with Gasteiger partial charge in [0.25, 0.3) is 0 Å². The molecular weight excluding hydrogens is 1340 g/mol. The van der Waals surface area contributed by atoms with E-state index in [0.29, 0.717) is 0 Å². The van der Waals surface area contributed by atoms with Gasteiger partial charge in [-0.15, -0.1) is 65.8 Å². The third-order valence-electron chi connectivity index (χ3n) is 11.3. The lowest BCUT2D eigenvalue weighted by Crippen LogP contribution is -2.56. The van der Waals surface area contributed by atoms with Gasteiger partial charge in [0, 0.05) is 5.73 Å². The van der Waals surface area contributed by atoms with E-state index in [1.54, 1.807) is 0 Å².